The van der Waals surface area contributed by atoms with Crippen molar-refractivity contribution in [2.75, 3.05) is 6.54 Å². The fraction of sp³-hybridized carbons (Fsp3) is 0.286. The molecule has 2 heterocycles. The third-order valence-corrected chi connectivity index (χ3v) is 6.95. The van der Waals surface area contributed by atoms with Gasteiger partial charge in [0.2, 0.25) is 10.0 Å². The van der Waals surface area contributed by atoms with E-state index in [2.05, 4.69) is 6.07 Å². The van der Waals surface area contributed by atoms with Crippen LogP contribution in [0.2, 0.25) is 0 Å². The molecule has 106 valence electrons. The summed E-state index contributed by atoms with van der Waals surface area (Å²) in [7, 11) is -3.44. The van der Waals surface area contributed by atoms with Gasteiger partial charge in [-0.05, 0) is 29.0 Å². The highest BCUT2D eigenvalue weighted by atomic mass is 35.5. The summed E-state index contributed by atoms with van der Waals surface area (Å²) in [5.41, 5.74) is 2.33. The summed E-state index contributed by atoms with van der Waals surface area (Å²) in [6.07, 6.45) is 0.760. The molecule has 0 spiro atoms. The molecule has 1 aromatic heterocycles. The van der Waals surface area contributed by atoms with Gasteiger partial charge in [0.25, 0.3) is 0 Å². The second-order valence-electron chi connectivity index (χ2n) is 4.70. The number of rotatable bonds is 3. The lowest BCUT2D eigenvalue weighted by Gasteiger charge is -2.28. The highest BCUT2D eigenvalue weighted by Gasteiger charge is 2.30. The molecular weight excluding hydrogens is 314 g/mol. The maximum Gasteiger partial charge on any atom is 0.244 e. The molecule has 0 radical (unpaired) electrons. The summed E-state index contributed by atoms with van der Waals surface area (Å²) >= 11 is 7.22. The lowest BCUT2D eigenvalue weighted by atomic mass is 10.0. The van der Waals surface area contributed by atoms with Gasteiger partial charge in [0.05, 0.1) is 10.8 Å². The van der Waals surface area contributed by atoms with Crippen LogP contribution in [0.15, 0.2) is 40.6 Å². The Morgan fingerprint density at radius 3 is 2.70 bits per heavy atom. The molecule has 0 bridgehead atoms. The van der Waals surface area contributed by atoms with E-state index in [9.17, 15) is 8.42 Å². The van der Waals surface area contributed by atoms with Crippen LogP contribution < -0.4 is 0 Å². The number of sulfonamides is 1. The zero-order chi connectivity index (χ0) is 14.2. The molecule has 0 unspecified atom stereocenters. The number of hydrogen-bond acceptors (Lipinski definition) is 3. The second-order valence-corrected chi connectivity index (χ2v) is 7.87. The summed E-state index contributed by atoms with van der Waals surface area (Å²) in [6, 6.07) is 9.65. The van der Waals surface area contributed by atoms with E-state index in [0.717, 1.165) is 12.0 Å². The van der Waals surface area contributed by atoms with Crippen molar-refractivity contribution >= 4 is 33.0 Å². The summed E-state index contributed by atoms with van der Waals surface area (Å²) in [5.74, 6) is 0.233. The van der Waals surface area contributed by atoms with Crippen molar-refractivity contribution < 1.29 is 8.42 Å². The smallest absolute Gasteiger partial charge is 0.207 e. The Morgan fingerprint density at radius 2 is 1.95 bits per heavy atom. The van der Waals surface area contributed by atoms with E-state index in [-0.39, 0.29) is 5.88 Å². The van der Waals surface area contributed by atoms with Crippen LogP contribution in [0.1, 0.15) is 16.0 Å². The van der Waals surface area contributed by atoms with Crippen LogP contribution in [-0.4, -0.2) is 19.3 Å². The van der Waals surface area contributed by atoms with Crippen LogP contribution in [-0.2, 0) is 28.9 Å². The van der Waals surface area contributed by atoms with Crippen molar-refractivity contribution in [3.8, 4) is 0 Å². The lowest BCUT2D eigenvalue weighted by molar-refractivity contribution is 0.391. The van der Waals surface area contributed by atoms with Crippen LogP contribution in [0.3, 0.4) is 0 Å². The Balaban J connectivity index is 1.94. The Morgan fingerprint density at radius 1 is 1.20 bits per heavy atom. The van der Waals surface area contributed by atoms with Crippen molar-refractivity contribution in [2.45, 2.75) is 23.7 Å². The normalized spacial score (nSPS) is 16.1. The largest absolute Gasteiger partial charge is 0.244 e. The minimum atomic E-state index is -3.44. The first-order valence-corrected chi connectivity index (χ1v) is 9.17. The maximum atomic E-state index is 12.7. The molecule has 3 rings (SSSR count). The fourth-order valence-electron chi connectivity index (χ4n) is 2.47. The number of fused-ring (bicyclic) bond motifs is 1. The zero-order valence-corrected chi connectivity index (χ0v) is 13.1. The van der Waals surface area contributed by atoms with Crippen molar-refractivity contribution in [2.24, 2.45) is 0 Å². The third kappa shape index (κ3) is 2.39. The number of alkyl halides is 1. The maximum absolute atomic E-state index is 12.7. The van der Waals surface area contributed by atoms with Gasteiger partial charge in [-0.1, -0.05) is 24.3 Å². The standard InChI is InChI=1S/C14H14ClNO2S2/c15-9-13-14(6-8-19-13)20(17,18)16-7-5-11-3-1-2-4-12(11)10-16/h1-4,6,8H,5,7,9-10H2. The Bertz CT molecular complexity index is 724. The van der Waals surface area contributed by atoms with Gasteiger partial charge in [0.1, 0.15) is 0 Å². The molecule has 3 nitrogen and oxygen atoms in total. The lowest BCUT2D eigenvalue weighted by Crippen LogP contribution is -2.36. The molecule has 1 aromatic carbocycles. The van der Waals surface area contributed by atoms with Gasteiger partial charge in [-0.25, -0.2) is 8.42 Å². The SMILES string of the molecule is O=S(=O)(c1ccsc1CCl)N1CCc2ccccc2C1. The number of hydrogen-bond donors (Lipinski definition) is 0. The molecule has 20 heavy (non-hydrogen) atoms. The van der Waals surface area contributed by atoms with Gasteiger partial charge in [-0.15, -0.1) is 22.9 Å². The molecule has 0 saturated heterocycles. The molecule has 1 aliphatic rings. The van der Waals surface area contributed by atoms with Crippen LogP contribution in [0.5, 0.6) is 0 Å². The first-order chi connectivity index (χ1) is 9.63. The molecule has 0 N–H and O–H groups in total. The van der Waals surface area contributed by atoms with Crippen LogP contribution in [0.25, 0.3) is 0 Å². The number of benzene rings is 1. The summed E-state index contributed by atoms with van der Waals surface area (Å²) in [4.78, 5) is 1.07. The van der Waals surface area contributed by atoms with Gasteiger partial charge in [0.15, 0.2) is 0 Å². The predicted octanol–water partition coefficient (Wildman–Crippen LogP) is 3.23. The fourth-order valence-corrected chi connectivity index (χ4v) is 5.56. The Labute approximate surface area is 127 Å². The quantitative estimate of drug-likeness (QED) is 0.812. The van der Waals surface area contributed by atoms with Crippen molar-refractivity contribution in [1.82, 2.24) is 4.31 Å². The predicted molar refractivity (Wildman–Crippen MR) is 81.6 cm³/mol. The molecule has 0 saturated carbocycles. The second kappa shape index (κ2) is 5.48. The van der Waals surface area contributed by atoms with E-state index in [1.165, 1.54) is 16.9 Å². The van der Waals surface area contributed by atoms with E-state index < -0.39 is 10.0 Å². The summed E-state index contributed by atoms with van der Waals surface area (Å²) in [5, 5.41) is 1.78. The van der Waals surface area contributed by atoms with E-state index in [4.69, 9.17) is 11.6 Å². The van der Waals surface area contributed by atoms with Gasteiger partial charge in [-0.3, -0.25) is 0 Å². The van der Waals surface area contributed by atoms with E-state index in [1.807, 2.05) is 18.2 Å². The Hall–Kier alpha value is -0.880. The third-order valence-electron chi connectivity index (χ3n) is 3.54. The molecule has 0 aliphatic carbocycles. The van der Waals surface area contributed by atoms with Crippen LogP contribution in [0, 0.1) is 0 Å². The molecule has 2 aromatic rings. The molecule has 0 atom stereocenters. The topological polar surface area (TPSA) is 37.4 Å². The van der Waals surface area contributed by atoms with Gasteiger partial charge in [-0.2, -0.15) is 4.31 Å². The van der Waals surface area contributed by atoms with Crippen LogP contribution >= 0.6 is 22.9 Å². The highest BCUT2D eigenvalue weighted by Crippen LogP contribution is 2.30. The summed E-state index contributed by atoms with van der Waals surface area (Å²) < 4.78 is 27.0. The van der Waals surface area contributed by atoms with Gasteiger partial charge < -0.3 is 0 Å². The minimum Gasteiger partial charge on any atom is -0.207 e. The molecular formula is C14H14ClNO2S2. The van der Waals surface area contributed by atoms with E-state index >= 15 is 0 Å². The molecule has 0 amide bonds. The van der Waals surface area contributed by atoms with Gasteiger partial charge in [0, 0.05) is 18.0 Å². The van der Waals surface area contributed by atoms with Crippen molar-refractivity contribution in [3.05, 3.63) is 51.7 Å². The summed E-state index contributed by atoms with van der Waals surface area (Å²) in [6.45, 7) is 0.965. The zero-order valence-electron chi connectivity index (χ0n) is 10.8. The molecule has 0 fully saturated rings. The first kappa shape index (κ1) is 14.1. The monoisotopic (exact) mass is 327 g/mol. The van der Waals surface area contributed by atoms with Crippen molar-refractivity contribution in [3.63, 3.8) is 0 Å². The molecule has 1 aliphatic heterocycles. The highest BCUT2D eigenvalue weighted by molar-refractivity contribution is 7.89. The van der Waals surface area contributed by atoms with Gasteiger partial charge >= 0.3 is 0 Å². The number of thiophene rings is 1. The molecule has 6 heteroatoms. The Kier molecular flexibility index (Phi) is 3.86. The number of halogens is 1. The van der Waals surface area contributed by atoms with E-state index in [1.54, 1.807) is 15.8 Å². The first-order valence-electron chi connectivity index (χ1n) is 6.32. The number of nitrogens with zero attached hydrogens (tertiary/aromatic N) is 1. The average Bonchev–Trinajstić information content (AvgIpc) is 2.96. The average molecular weight is 328 g/mol. The van der Waals surface area contributed by atoms with E-state index in [0.29, 0.717) is 22.9 Å². The van der Waals surface area contributed by atoms with Crippen molar-refractivity contribution in [1.29, 1.82) is 0 Å². The van der Waals surface area contributed by atoms with Crippen LogP contribution in [0.4, 0.5) is 0 Å². The minimum absolute atomic E-state index is 0.233.